The summed E-state index contributed by atoms with van der Waals surface area (Å²) in [6.45, 7) is 3.36. The number of nitrogens with zero attached hydrogens (tertiary/aromatic N) is 5. The molecule has 6 heterocycles. The molecule has 3 fully saturated rings. The first-order valence-electron chi connectivity index (χ1n) is 11.4. The Labute approximate surface area is 191 Å². The molecule has 7 rings (SSSR count). The van der Waals surface area contributed by atoms with Crippen LogP contribution in [-0.4, -0.2) is 56.7 Å². The van der Waals surface area contributed by atoms with Gasteiger partial charge in [0.1, 0.15) is 5.69 Å². The molecule has 1 amide bonds. The number of carbonyl (C=O) groups is 1. The van der Waals surface area contributed by atoms with Gasteiger partial charge in [-0.15, -0.1) is 5.10 Å². The first kappa shape index (κ1) is 20.2. The monoisotopic (exact) mass is 446 g/mol. The van der Waals surface area contributed by atoms with Crippen LogP contribution in [-0.2, 0) is 17.9 Å². The lowest BCUT2D eigenvalue weighted by molar-refractivity contribution is -0.133. The molecule has 3 saturated heterocycles. The maximum absolute atomic E-state index is 13.0. The number of amides is 1. The third-order valence-electron chi connectivity index (χ3n) is 6.98. The molecule has 0 radical (unpaired) electrons. The number of hydrogen-bond acceptors (Lipinski definition) is 7. The molecule has 33 heavy (non-hydrogen) atoms. The van der Waals surface area contributed by atoms with E-state index in [2.05, 4.69) is 25.5 Å². The van der Waals surface area contributed by atoms with Gasteiger partial charge in [-0.3, -0.25) is 19.4 Å². The van der Waals surface area contributed by atoms with E-state index in [1.165, 1.54) is 0 Å². The topological polar surface area (TPSA) is 94.4 Å². The fourth-order valence-electron chi connectivity index (χ4n) is 5.23. The molecule has 4 aliphatic heterocycles. The third-order valence-corrected chi connectivity index (χ3v) is 6.98. The molecule has 3 aromatic rings. The van der Waals surface area contributed by atoms with Crippen molar-refractivity contribution in [3.8, 4) is 22.9 Å². The lowest BCUT2D eigenvalue weighted by atomic mass is 9.75. The molecule has 0 aliphatic carbocycles. The smallest absolute Gasteiger partial charge is 0.231 e. The van der Waals surface area contributed by atoms with Gasteiger partial charge < -0.3 is 14.8 Å². The van der Waals surface area contributed by atoms with Gasteiger partial charge in [-0.05, 0) is 55.1 Å². The standard InChI is InChI=1S/C24H26N6O3/c31-24(26-11-16-4-5-22-23(9-16)33-15-32-22)19-13-29-8-6-17(19)10-18(29)12-30-14-21(27-28-30)20-3-1-2-7-25-20/h1-5,7,9,14,17-19H,6,8,10-13,15H2,(H,26,31)/t17-,18+,19-/m0/s1. The second-order valence-electron chi connectivity index (χ2n) is 8.99. The number of piperidine rings is 3. The maximum atomic E-state index is 13.0. The summed E-state index contributed by atoms with van der Waals surface area (Å²) < 4.78 is 12.7. The van der Waals surface area contributed by atoms with E-state index in [4.69, 9.17) is 9.47 Å². The van der Waals surface area contributed by atoms with Crippen LogP contribution in [0.1, 0.15) is 18.4 Å². The Morgan fingerprint density at radius 3 is 2.94 bits per heavy atom. The van der Waals surface area contributed by atoms with Crippen LogP contribution in [0.2, 0.25) is 0 Å². The van der Waals surface area contributed by atoms with Gasteiger partial charge >= 0.3 is 0 Å². The van der Waals surface area contributed by atoms with E-state index in [1.54, 1.807) is 6.20 Å². The number of pyridine rings is 1. The Hall–Kier alpha value is -3.46. The van der Waals surface area contributed by atoms with Crippen molar-refractivity contribution in [3.63, 3.8) is 0 Å². The highest BCUT2D eigenvalue weighted by atomic mass is 16.7. The third kappa shape index (κ3) is 4.04. The van der Waals surface area contributed by atoms with Crippen molar-refractivity contribution in [1.82, 2.24) is 30.2 Å². The number of benzene rings is 1. The summed E-state index contributed by atoms with van der Waals surface area (Å²) in [5.41, 5.74) is 2.63. The van der Waals surface area contributed by atoms with Crippen molar-refractivity contribution < 1.29 is 14.3 Å². The van der Waals surface area contributed by atoms with Crippen LogP contribution in [0.5, 0.6) is 11.5 Å². The SMILES string of the molecule is O=C(NCc1ccc2c(c1)OCO2)[C@H]1CN2CC[C@H]1C[C@@H]2Cn1cc(-c2ccccn2)nn1. The van der Waals surface area contributed by atoms with Crippen molar-refractivity contribution in [1.29, 1.82) is 0 Å². The van der Waals surface area contributed by atoms with E-state index in [9.17, 15) is 4.79 Å². The summed E-state index contributed by atoms with van der Waals surface area (Å²) >= 11 is 0. The quantitative estimate of drug-likeness (QED) is 0.620. The van der Waals surface area contributed by atoms with Crippen molar-refractivity contribution in [3.05, 3.63) is 54.4 Å². The first-order chi connectivity index (χ1) is 16.2. The summed E-state index contributed by atoms with van der Waals surface area (Å²) in [5, 5.41) is 11.7. The second-order valence-corrected chi connectivity index (χ2v) is 8.99. The number of ether oxygens (including phenoxy) is 2. The van der Waals surface area contributed by atoms with Crippen molar-refractivity contribution in [2.24, 2.45) is 11.8 Å². The fraction of sp³-hybridized carbons (Fsp3) is 0.417. The summed E-state index contributed by atoms with van der Waals surface area (Å²) in [4.78, 5) is 19.8. The zero-order valence-corrected chi connectivity index (χ0v) is 18.3. The summed E-state index contributed by atoms with van der Waals surface area (Å²) in [5.74, 6) is 2.07. The van der Waals surface area contributed by atoms with E-state index in [1.807, 2.05) is 47.3 Å². The Morgan fingerprint density at radius 2 is 2.09 bits per heavy atom. The van der Waals surface area contributed by atoms with Gasteiger partial charge in [0, 0.05) is 25.3 Å². The number of rotatable bonds is 6. The maximum Gasteiger partial charge on any atom is 0.231 e. The Bertz CT molecular complexity index is 1150. The van der Waals surface area contributed by atoms with E-state index in [-0.39, 0.29) is 18.6 Å². The highest BCUT2D eigenvalue weighted by molar-refractivity contribution is 5.79. The zero-order valence-electron chi connectivity index (χ0n) is 18.3. The molecule has 1 N–H and O–H groups in total. The van der Waals surface area contributed by atoms with Gasteiger partial charge in [0.15, 0.2) is 11.5 Å². The highest BCUT2D eigenvalue weighted by Gasteiger charge is 2.43. The number of hydrogen-bond donors (Lipinski definition) is 1. The van der Waals surface area contributed by atoms with E-state index < -0.39 is 0 Å². The van der Waals surface area contributed by atoms with E-state index in [0.717, 1.165) is 60.9 Å². The van der Waals surface area contributed by atoms with Crippen LogP contribution >= 0.6 is 0 Å². The molecule has 4 atom stereocenters. The molecule has 4 aliphatic rings. The summed E-state index contributed by atoms with van der Waals surface area (Å²) in [7, 11) is 0. The largest absolute Gasteiger partial charge is 0.454 e. The number of nitrogens with one attached hydrogen (secondary N) is 1. The molecule has 9 nitrogen and oxygen atoms in total. The Morgan fingerprint density at radius 1 is 1.15 bits per heavy atom. The Kier molecular flexibility index (Phi) is 5.18. The van der Waals surface area contributed by atoms with Crippen LogP contribution in [0.15, 0.2) is 48.8 Å². The molecule has 170 valence electrons. The summed E-state index contributed by atoms with van der Waals surface area (Å²) in [6.07, 6.45) is 5.79. The van der Waals surface area contributed by atoms with Crippen molar-refractivity contribution >= 4 is 5.91 Å². The van der Waals surface area contributed by atoms with Gasteiger partial charge in [-0.25, -0.2) is 0 Å². The van der Waals surface area contributed by atoms with Crippen LogP contribution in [0.25, 0.3) is 11.4 Å². The molecule has 1 aromatic carbocycles. The van der Waals surface area contributed by atoms with Crippen LogP contribution in [0.4, 0.5) is 0 Å². The molecule has 0 saturated carbocycles. The predicted octanol–water partition coefficient (Wildman–Crippen LogP) is 2.10. The van der Waals surface area contributed by atoms with Gasteiger partial charge in [-0.2, -0.15) is 0 Å². The fourth-order valence-corrected chi connectivity index (χ4v) is 5.23. The highest BCUT2D eigenvalue weighted by Crippen LogP contribution is 2.37. The minimum atomic E-state index is 0.0313. The number of carbonyl (C=O) groups excluding carboxylic acids is 1. The van der Waals surface area contributed by atoms with Crippen molar-refractivity contribution in [2.75, 3.05) is 19.9 Å². The minimum absolute atomic E-state index is 0.0313. The molecule has 9 heteroatoms. The average molecular weight is 447 g/mol. The van der Waals surface area contributed by atoms with Gasteiger partial charge in [-0.1, -0.05) is 17.3 Å². The lowest BCUT2D eigenvalue weighted by Gasteiger charge is -2.49. The molecular weight excluding hydrogens is 420 g/mol. The minimum Gasteiger partial charge on any atom is -0.454 e. The first-order valence-corrected chi connectivity index (χ1v) is 11.4. The van der Waals surface area contributed by atoms with E-state index >= 15 is 0 Å². The molecule has 2 aromatic heterocycles. The van der Waals surface area contributed by atoms with Gasteiger partial charge in [0.2, 0.25) is 12.7 Å². The van der Waals surface area contributed by atoms with Crippen LogP contribution in [0.3, 0.4) is 0 Å². The average Bonchev–Trinajstić information content (AvgIpc) is 3.53. The number of fused-ring (bicyclic) bond motifs is 4. The van der Waals surface area contributed by atoms with Crippen LogP contribution < -0.4 is 14.8 Å². The van der Waals surface area contributed by atoms with Crippen LogP contribution in [0, 0.1) is 11.8 Å². The number of aromatic nitrogens is 4. The lowest BCUT2D eigenvalue weighted by Crippen LogP contribution is -2.57. The second kappa shape index (κ2) is 8.47. The molecule has 2 bridgehead atoms. The summed E-state index contributed by atoms with van der Waals surface area (Å²) in [6, 6.07) is 12.0. The Balaban J connectivity index is 1.05. The molecule has 1 unspecified atom stereocenters. The predicted molar refractivity (Wildman–Crippen MR) is 119 cm³/mol. The molecule has 0 spiro atoms. The van der Waals surface area contributed by atoms with Gasteiger partial charge in [0.05, 0.1) is 24.4 Å². The zero-order chi connectivity index (χ0) is 22.2. The molecular formula is C24H26N6O3. The van der Waals surface area contributed by atoms with E-state index in [0.29, 0.717) is 18.5 Å². The van der Waals surface area contributed by atoms with Crippen molar-refractivity contribution in [2.45, 2.75) is 32.0 Å². The normalized spacial score (nSPS) is 25.2. The van der Waals surface area contributed by atoms with Gasteiger partial charge in [0.25, 0.3) is 0 Å².